The number of anilines is 1. The van der Waals surface area contributed by atoms with Crippen LogP contribution in [0.15, 0.2) is 30.3 Å². The highest BCUT2D eigenvalue weighted by atomic mass is 32.2. The van der Waals surface area contributed by atoms with Crippen LogP contribution < -0.4 is 9.03 Å². The number of hydrogen-bond donors (Lipinski definition) is 3. The van der Waals surface area contributed by atoms with Gasteiger partial charge in [-0.1, -0.05) is 11.8 Å². The first kappa shape index (κ1) is 17.4. The first-order chi connectivity index (χ1) is 11.7. The van der Waals surface area contributed by atoms with Crippen LogP contribution in [0.4, 0.5) is 5.69 Å². The first-order valence-corrected chi connectivity index (χ1v) is 10.6. The summed E-state index contributed by atoms with van der Waals surface area (Å²) in [6.07, 6.45) is 2.42. The Hall–Kier alpha value is -2.38. The molecule has 25 heavy (non-hydrogen) atoms. The number of rotatable bonds is 2. The predicted molar refractivity (Wildman–Crippen MR) is 91.7 cm³/mol. The zero-order valence-corrected chi connectivity index (χ0v) is 14.6. The fraction of sp³-hybridized carbons (Fsp3) is 0.333. The summed E-state index contributed by atoms with van der Waals surface area (Å²) < 4.78 is 49.6. The highest BCUT2D eigenvalue weighted by Crippen LogP contribution is 2.32. The van der Waals surface area contributed by atoms with Crippen molar-refractivity contribution in [2.24, 2.45) is 0 Å². The van der Waals surface area contributed by atoms with E-state index < -0.39 is 31.2 Å². The first-order valence-electron chi connectivity index (χ1n) is 7.45. The number of aliphatic hydroxyl groups excluding tert-OH is 1. The maximum atomic E-state index is 11.8. The van der Waals surface area contributed by atoms with Gasteiger partial charge < -0.3 is 10.2 Å². The molecule has 1 aromatic carbocycles. The van der Waals surface area contributed by atoms with Gasteiger partial charge in [0.05, 0.1) is 17.2 Å². The molecule has 0 radical (unpaired) electrons. The fourth-order valence-corrected chi connectivity index (χ4v) is 5.56. The van der Waals surface area contributed by atoms with Crippen molar-refractivity contribution in [2.45, 2.75) is 24.5 Å². The molecule has 2 heterocycles. The van der Waals surface area contributed by atoms with Crippen molar-refractivity contribution in [3.05, 3.63) is 35.8 Å². The molecule has 8 nitrogen and oxygen atoms in total. The Morgan fingerprint density at radius 3 is 2.56 bits per heavy atom. The normalized spacial score (nSPS) is 23.4. The number of aliphatic hydroxyl groups is 1. The standard InChI is InChI=1S/C15H16N2O6S2/c18-14-9-11(3-1-4-12-5-2-8-24(12,20)21)6-7-13(14)17-10-15(19)16-25(17,22)23/h6-7,9-10,12,16,18-19H,2,4-5,8H2. The van der Waals surface area contributed by atoms with Crippen LogP contribution in [0.5, 0.6) is 5.75 Å². The zero-order chi connectivity index (χ0) is 18.2. The summed E-state index contributed by atoms with van der Waals surface area (Å²) in [6.45, 7) is 0. The number of phenols is 1. The second-order valence-corrected chi connectivity index (χ2v) is 9.71. The van der Waals surface area contributed by atoms with Gasteiger partial charge in [-0.15, -0.1) is 0 Å². The summed E-state index contributed by atoms with van der Waals surface area (Å²) in [5.74, 6) is 4.89. The van der Waals surface area contributed by atoms with Gasteiger partial charge in [0.2, 0.25) is 5.88 Å². The van der Waals surface area contributed by atoms with E-state index in [1.54, 1.807) is 0 Å². The molecule has 2 aliphatic rings. The number of hydrogen-bond acceptors (Lipinski definition) is 6. The molecule has 10 heteroatoms. The molecule has 0 aliphatic carbocycles. The van der Waals surface area contributed by atoms with Crippen LogP contribution in [0.3, 0.4) is 0 Å². The Morgan fingerprint density at radius 2 is 2.00 bits per heavy atom. The molecule has 2 aliphatic heterocycles. The van der Waals surface area contributed by atoms with Gasteiger partial charge in [-0.25, -0.2) is 17.4 Å². The number of phenolic OH excluding ortho intramolecular Hbond substituents is 1. The Morgan fingerprint density at radius 1 is 1.24 bits per heavy atom. The Kier molecular flexibility index (Phi) is 4.30. The van der Waals surface area contributed by atoms with Gasteiger partial charge in [0.25, 0.3) is 0 Å². The van der Waals surface area contributed by atoms with Crippen molar-refractivity contribution in [2.75, 3.05) is 10.1 Å². The van der Waals surface area contributed by atoms with Crippen LogP contribution in [-0.4, -0.2) is 38.1 Å². The lowest BCUT2D eigenvalue weighted by Gasteiger charge is -2.15. The second kappa shape index (κ2) is 6.16. The lowest BCUT2D eigenvalue weighted by molar-refractivity contribution is 0.392. The van der Waals surface area contributed by atoms with E-state index in [9.17, 15) is 27.0 Å². The topological polar surface area (TPSA) is 124 Å². The monoisotopic (exact) mass is 384 g/mol. The van der Waals surface area contributed by atoms with Gasteiger partial charge in [-0.05, 0) is 31.0 Å². The molecule has 3 N–H and O–H groups in total. The van der Waals surface area contributed by atoms with Crippen molar-refractivity contribution < 1.29 is 27.0 Å². The summed E-state index contributed by atoms with van der Waals surface area (Å²) in [6, 6.07) is 4.13. The second-order valence-electron chi connectivity index (χ2n) is 5.76. The SMILES string of the molecule is O=S1(=O)CCCC1CC#Cc1ccc(N2C=C(O)NS2(=O)=O)c(O)c1. The average Bonchev–Trinajstić information content (AvgIpc) is 2.97. The Labute approximate surface area is 145 Å². The number of nitrogens with zero attached hydrogens (tertiary/aromatic N) is 1. The lowest BCUT2D eigenvalue weighted by Crippen LogP contribution is -2.29. The number of nitrogens with one attached hydrogen (secondary N) is 1. The molecule has 0 amide bonds. The summed E-state index contributed by atoms with van der Waals surface area (Å²) in [5, 5.41) is 18.9. The third kappa shape index (κ3) is 3.52. The molecule has 134 valence electrons. The lowest BCUT2D eigenvalue weighted by atomic mass is 10.1. The quantitative estimate of drug-likeness (QED) is 0.646. The van der Waals surface area contributed by atoms with E-state index in [0.717, 1.165) is 6.20 Å². The Bertz CT molecular complexity index is 1000. The molecule has 0 aromatic heterocycles. The maximum absolute atomic E-state index is 11.8. The summed E-state index contributed by atoms with van der Waals surface area (Å²) in [4.78, 5) is 0. The summed E-state index contributed by atoms with van der Waals surface area (Å²) >= 11 is 0. The van der Waals surface area contributed by atoms with Crippen molar-refractivity contribution in [3.8, 4) is 17.6 Å². The van der Waals surface area contributed by atoms with Crippen molar-refractivity contribution >= 4 is 25.7 Å². The number of aromatic hydroxyl groups is 1. The van der Waals surface area contributed by atoms with Crippen molar-refractivity contribution in [1.82, 2.24) is 4.72 Å². The molecule has 1 saturated heterocycles. The van der Waals surface area contributed by atoms with E-state index >= 15 is 0 Å². The number of sulfone groups is 1. The van der Waals surface area contributed by atoms with Gasteiger partial charge in [0.15, 0.2) is 9.84 Å². The van der Waals surface area contributed by atoms with Crippen molar-refractivity contribution in [3.63, 3.8) is 0 Å². The fourth-order valence-electron chi connectivity index (χ4n) is 2.73. The van der Waals surface area contributed by atoms with Gasteiger partial charge >= 0.3 is 10.2 Å². The highest BCUT2D eigenvalue weighted by molar-refractivity contribution is 7.92. The molecule has 0 saturated carbocycles. The molecular weight excluding hydrogens is 368 g/mol. The van der Waals surface area contributed by atoms with Crippen LogP contribution in [0.1, 0.15) is 24.8 Å². The van der Waals surface area contributed by atoms with Gasteiger partial charge in [0.1, 0.15) is 11.4 Å². The molecular formula is C15H16N2O6S2. The van der Waals surface area contributed by atoms with Crippen molar-refractivity contribution in [1.29, 1.82) is 0 Å². The van der Waals surface area contributed by atoms with E-state index in [2.05, 4.69) is 11.8 Å². The molecule has 1 aromatic rings. The minimum absolute atomic E-state index is 0.0412. The van der Waals surface area contributed by atoms with Crippen LogP contribution in [0.2, 0.25) is 0 Å². The zero-order valence-electron chi connectivity index (χ0n) is 13.0. The summed E-state index contributed by atoms with van der Waals surface area (Å²) in [5.41, 5.74) is 0.384. The molecule has 1 atom stereocenters. The van der Waals surface area contributed by atoms with Gasteiger partial charge in [-0.3, -0.25) is 0 Å². The third-order valence-electron chi connectivity index (χ3n) is 3.97. The Balaban J connectivity index is 1.79. The van der Waals surface area contributed by atoms with E-state index in [-0.39, 0.29) is 23.6 Å². The van der Waals surface area contributed by atoms with E-state index in [1.807, 2.05) is 4.72 Å². The van der Waals surface area contributed by atoms with Crippen LogP contribution >= 0.6 is 0 Å². The molecule has 0 spiro atoms. The van der Waals surface area contributed by atoms with E-state index in [4.69, 9.17) is 0 Å². The highest BCUT2D eigenvalue weighted by Gasteiger charge is 2.31. The minimum atomic E-state index is -3.99. The van der Waals surface area contributed by atoms with Crippen LogP contribution in [-0.2, 0) is 20.0 Å². The average molecular weight is 384 g/mol. The largest absolute Gasteiger partial charge is 0.506 e. The minimum Gasteiger partial charge on any atom is -0.506 e. The van der Waals surface area contributed by atoms with Gasteiger partial charge in [-0.2, -0.15) is 8.42 Å². The number of benzene rings is 1. The van der Waals surface area contributed by atoms with Crippen LogP contribution in [0.25, 0.3) is 0 Å². The summed E-state index contributed by atoms with van der Waals surface area (Å²) in [7, 11) is -7.04. The maximum Gasteiger partial charge on any atom is 0.330 e. The van der Waals surface area contributed by atoms with E-state index in [1.165, 1.54) is 18.2 Å². The predicted octanol–water partition coefficient (Wildman–Crippen LogP) is 0.722. The molecule has 3 rings (SSSR count). The molecule has 0 bridgehead atoms. The molecule has 1 fully saturated rings. The van der Waals surface area contributed by atoms with Crippen LogP contribution in [0, 0.1) is 11.8 Å². The smallest absolute Gasteiger partial charge is 0.330 e. The molecule has 1 unspecified atom stereocenters. The van der Waals surface area contributed by atoms with E-state index in [0.29, 0.717) is 22.7 Å². The van der Waals surface area contributed by atoms with Gasteiger partial charge in [0, 0.05) is 12.0 Å². The third-order valence-corrected chi connectivity index (χ3v) is 7.53.